The molecule has 78 heavy (non-hydrogen) atoms. The molecule has 0 fully saturated rings. The second-order valence-corrected chi connectivity index (χ2v) is 21.4. The van der Waals surface area contributed by atoms with Gasteiger partial charge in [-0.15, -0.1) is 0 Å². The summed E-state index contributed by atoms with van der Waals surface area (Å²) in [4.78, 5) is 14.3. The normalized spacial score (nSPS) is 12.0. The molecule has 15 aromatic rings. The van der Waals surface area contributed by atoms with Crippen molar-refractivity contribution in [1.29, 1.82) is 0 Å². The molecule has 0 amide bonds. The van der Waals surface area contributed by atoms with Crippen molar-refractivity contribution in [1.82, 2.24) is 28.3 Å². The number of benzene rings is 11. The van der Waals surface area contributed by atoms with Crippen LogP contribution in [0.15, 0.2) is 255 Å². The second-order valence-electron chi connectivity index (χ2n) is 21.4. The number of para-hydroxylation sites is 4. The number of nitrogens with one attached hydrogen (secondary N) is 1. The van der Waals surface area contributed by atoms with Crippen LogP contribution in [0.1, 0.15) is 26.3 Å². The molecule has 0 aliphatic heterocycles. The Bertz CT molecular complexity index is 4670. The van der Waals surface area contributed by atoms with Crippen molar-refractivity contribution >= 4 is 55.7 Å². The van der Waals surface area contributed by atoms with Crippen molar-refractivity contribution in [3.05, 3.63) is 260 Å². The van der Waals surface area contributed by atoms with Crippen molar-refractivity contribution in [2.75, 3.05) is 0 Å². The van der Waals surface area contributed by atoms with Gasteiger partial charge in [-0.1, -0.05) is 227 Å². The highest BCUT2D eigenvalue weighted by Crippen LogP contribution is 2.56. The van der Waals surface area contributed by atoms with Crippen LogP contribution in [-0.2, 0) is 5.41 Å². The van der Waals surface area contributed by atoms with Gasteiger partial charge in [0.2, 0.25) is 11.6 Å². The molecule has 370 valence electrons. The van der Waals surface area contributed by atoms with E-state index in [2.05, 4.69) is 294 Å². The number of H-pyrrole nitrogens is 1. The Morgan fingerprint density at radius 2 is 0.731 bits per heavy atom. The third-order valence-corrected chi connectivity index (χ3v) is 15.7. The molecular formula is C72H52N6. The highest BCUT2D eigenvalue weighted by Gasteiger charge is 2.30. The SMILES string of the molecule is CC(C)(C)c1ccc2c([nH]c3nc4ccc(-n5c6ccccc6n6c7ccccc7nc56)cc4n32)c1-c1ccc(-c2c(-c3ccccc3)c(-c3ccccc3)c(-c3ccccc3)c(-c3ccccc3)c2-c2ccccc2)cc1. The van der Waals surface area contributed by atoms with Gasteiger partial charge in [-0.2, -0.15) is 0 Å². The van der Waals surface area contributed by atoms with E-state index in [1.54, 1.807) is 0 Å². The Balaban J connectivity index is 0.980. The van der Waals surface area contributed by atoms with Gasteiger partial charge in [-0.25, -0.2) is 9.97 Å². The quantitative estimate of drug-likeness (QED) is 0.165. The minimum atomic E-state index is -0.178. The number of rotatable bonds is 8. The number of imidazole rings is 4. The molecule has 15 rings (SSSR count). The summed E-state index contributed by atoms with van der Waals surface area (Å²) in [5.41, 5.74) is 26.8. The van der Waals surface area contributed by atoms with Crippen molar-refractivity contribution < 1.29 is 0 Å². The van der Waals surface area contributed by atoms with Crippen molar-refractivity contribution in [2.45, 2.75) is 26.2 Å². The lowest BCUT2D eigenvalue weighted by molar-refractivity contribution is 0.592. The first-order valence-electron chi connectivity index (χ1n) is 26.8. The molecule has 1 N–H and O–H groups in total. The minimum absolute atomic E-state index is 0.178. The van der Waals surface area contributed by atoms with Crippen LogP contribution in [0.2, 0.25) is 0 Å². The lowest BCUT2D eigenvalue weighted by Gasteiger charge is -2.29. The summed E-state index contributed by atoms with van der Waals surface area (Å²) in [7, 11) is 0. The molecule has 0 radical (unpaired) electrons. The van der Waals surface area contributed by atoms with Crippen molar-refractivity contribution in [3.63, 3.8) is 0 Å². The Kier molecular flexibility index (Phi) is 10.3. The van der Waals surface area contributed by atoms with E-state index in [1.807, 2.05) is 0 Å². The lowest BCUT2D eigenvalue weighted by Crippen LogP contribution is -2.13. The molecule has 0 aliphatic carbocycles. The predicted octanol–water partition coefficient (Wildman–Crippen LogP) is 18.7. The monoisotopic (exact) mass is 1000 g/mol. The van der Waals surface area contributed by atoms with Gasteiger partial charge < -0.3 is 4.98 Å². The average Bonchev–Trinajstić information content (AvgIpc) is 4.32. The van der Waals surface area contributed by atoms with Crippen LogP contribution in [-0.4, -0.2) is 28.3 Å². The zero-order valence-corrected chi connectivity index (χ0v) is 43.5. The third kappa shape index (κ3) is 7.10. The summed E-state index contributed by atoms with van der Waals surface area (Å²) in [6.07, 6.45) is 0. The van der Waals surface area contributed by atoms with Gasteiger partial charge >= 0.3 is 0 Å². The number of hydrogen-bond acceptors (Lipinski definition) is 2. The number of aromatic amines is 1. The minimum Gasteiger partial charge on any atom is -0.323 e. The first kappa shape index (κ1) is 45.4. The molecule has 0 saturated heterocycles. The van der Waals surface area contributed by atoms with Gasteiger partial charge in [0, 0.05) is 5.56 Å². The smallest absolute Gasteiger partial charge is 0.220 e. The highest BCUT2D eigenvalue weighted by atomic mass is 15.2. The fourth-order valence-corrected chi connectivity index (χ4v) is 12.4. The van der Waals surface area contributed by atoms with Crippen LogP contribution < -0.4 is 0 Å². The first-order valence-corrected chi connectivity index (χ1v) is 26.8. The van der Waals surface area contributed by atoms with E-state index in [9.17, 15) is 0 Å². The summed E-state index contributed by atoms with van der Waals surface area (Å²) < 4.78 is 6.85. The summed E-state index contributed by atoms with van der Waals surface area (Å²) in [5.74, 6) is 1.68. The predicted molar refractivity (Wildman–Crippen MR) is 324 cm³/mol. The Hall–Kier alpha value is -10.0. The highest BCUT2D eigenvalue weighted by molar-refractivity contribution is 6.15. The molecule has 0 saturated carbocycles. The number of aromatic nitrogens is 6. The summed E-state index contributed by atoms with van der Waals surface area (Å²) >= 11 is 0. The Morgan fingerprint density at radius 3 is 1.22 bits per heavy atom. The standard InChI is InChI=1S/C72H52N6/c1-72(2,3)54-42-44-60-69(75-70-73-56-43-41-53(45-61(56)77(60)70)76-58-35-21-22-36-59(58)78-57-34-20-19-33-55(57)74-71(76)78)62(54)51-37-39-52(40-38-51)68-66(49-29-15-7-16-30-49)64(47-25-11-5-12-26-47)63(46-23-9-4-10-24-46)65(48-27-13-6-14-28-48)67(68)50-31-17-8-18-32-50/h4-45H,1-3H3,(H,73,75). The maximum atomic E-state index is 5.26. The second kappa shape index (κ2) is 17.8. The van der Waals surface area contributed by atoms with Crippen LogP contribution in [0.25, 0.3) is 139 Å². The molecule has 6 nitrogen and oxygen atoms in total. The molecule has 0 aliphatic rings. The molecular weight excluding hydrogens is 949 g/mol. The molecule has 4 heterocycles. The van der Waals surface area contributed by atoms with Crippen LogP contribution in [0.4, 0.5) is 0 Å². The molecule has 6 heteroatoms. The van der Waals surface area contributed by atoms with E-state index in [4.69, 9.17) is 9.97 Å². The topological polar surface area (TPSA) is 55.3 Å². The number of fused-ring (bicyclic) bond motifs is 10. The van der Waals surface area contributed by atoms with Gasteiger partial charge in [-0.05, 0) is 132 Å². The van der Waals surface area contributed by atoms with E-state index in [1.165, 1.54) is 44.5 Å². The Labute approximate surface area is 451 Å². The lowest BCUT2D eigenvalue weighted by atomic mass is 9.74. The van der Waals surface area contributed by atoms with Gasteiger partial charge in [0.1, 0.15) is 0 Å². The zero-order chi connectivity index (χ0) is 52.1. The molecule has 0 atom stereocenters. The maximum absolute atomic E-state index is 5.26. The van der Waals surface area contributed by atoms with Crippen molar-refractivity contribution in [2.24, 2.45) is 0 Å². The van der Waals surface area contributed by atoms with Crippen LogP contribution in [0.3, 0.4) is 0 Å². The van der Waals surface area contributed by atoms with Crippen LogP contribution >= 0.6 is 0 Å². The fourth-order valence-electron chi connectivity index (χ4n) is 12.4. The zero-order valence-electron chi connectivity index (χ0n) is 43.5. The van der Waals surface area contributed by atoms with E-state index >= 15 is 0 Å². The number of hydrogen-bond donors (Lipinski definition) is 1. The van der Waals surface area contributed by atoms with E-state index < -0.39 is 0 Å². The summed E-state index contributed by atoms with van der Waals surface area (Å²) in [5, 5.41) is 0. The largest absolute Gasteiger partial charge is 0.323 e. The molecule has 0 unspecified atom stereocenters. The molecule has 4 aromatic heterocycles. The van der Waals surface area contributed by atoms with E-state index in [-0.39, 0.29) is 5.41 Å². The van der Waals surface area contributed by atoms with Gasteiger partial charge in [0.25, 0.3) is 0 Å². The van der Waals surface area contributed by atoms with E-state index in [0.29, 0.717) is 0 Å². The third-order valence-electron chi connectivity index (χ3n) is 15.7. The van der Waals surface area contributed by atoms with Crippen LogP contribution in [0, 0.1) is 0 Å². The average molecular weight is 1000 g/mol. The maximum Gasteiger partial charge on any atom is 0.220 e. The summed E-state index contributed by atoms with van der Waals surface area (Å²) in [6.45, 7) is 6.93. The van der Waals surface area contributed by atoms with Gasteiger partial charge in [0.15, 0.2) is 0 Å². The fraction of sp³-hybridized carbons (Fsp3) is 0.0556. The summed E-state index contributed by atoms with van der Waals surface area (Å²) in [6, 6.07) is 92.5. The molecule has 11 aromatic carbocycles. The molecule has 0 spiro atoms. The van der Waals surface area contributed by atoms with Crippen molar-refractivity contribution in [3.8, 4) is 83.6 Å². The van der Waals surface area contributed by atoms with Gasteiger partial charge in [-0.3, -0.25) is 13.4 Å². The number of nitrogens with zero attached hydrogens (tertiary/aromatic N) is 5. The van der Waals surface area contributed by atoms with E-state index in [0.717, 1.165) is 100 Å². The van der Waals surface area contributed by atoms with Gasteiger partial charge in [0.05, 0.1) is 49.8 Å². The first-order chi connectivity index (χ1) is 38.4. The molecule has 0 bridgehead atoms. The van der Waals surface area contributed by atoms with Crippen LogP contribution in [0.5, 0.6) is 0 Å². The Morgan fingerprint density at radius 1 is 0.321 bits per heavy atom.